The van der Waals surface area contributed by atoms with E-state index in [0.717, 1.165) is 18.1 Å². The number of benzene rings is 1. The largest absolute Gasteiger partial charge is 0.496 e. The summed E-state index contributed by atoms with van der Waals surface area (Å²) in [6.45, 7) is 2.35. The Balaban J connectivity index is 1.73. The number of ether oxygens (including phenoxy) is 1. The maximum absolute atomic E-state index is 5.46. The normalized spacial score (nSPS) is 24.4. The summed E-state index contributed by atoms with van der Waals surface area (Å²) in [4.78, 5) is 0. The number of methoxy groups -OCH3 is 1. The van der Waals surface area contributed by atoms with Gasteiger partial charge in [0.25, 0.3) is 0 Å². The van der Waals surface area contributed by atoms with E-state index in [0.29, 0.717) is 12.1 Å². The highest BCUT2D eigenvalue weighted by Crippen LogP contribution is 2.38. The Morgan fingerprint density at radius 3 is 2.78 bits per heavy atom. The molecule has 0 aliphatic heterocycles. The average molecular weight is 245 g/mol. The van der Waals surface area contributed by atoms with E-state index in [1.807, 2.05) is 0 Å². The summed E-state index contributed by atoms with van der Waals surface area (Å²) in [5.74, 6) is 1.97. The zero-order valence-electron chi connectivity index (χ0n) is 11.4. The second-order valence-electron chi connectivity index (χ2n) is 5.77. The van der Waals surface area contributed by atoms with Gasteiger partial charge in [0, 0.05) is 12.1 Å². The monoisotopic (exact) mass is 245 g/mol. The van der Waals surface area contributed by atoms with E-state index < -0.39 is 0 Å². The highest BCUT2D eigenvalue weighted by Gasteiger charge is 2.30. The fraction of sp³-hybridized carbons (Fsp3) is 0.625. The summed E-state index contributed by atoms with van der Waals surface area (Å²) in [6.07, 6.45) is 6.60. The molecule has 1 aromatic rings. The number of hydrogen-bond donors (Lipinski definition) is 1. The molecule has 0 unspecified atom stereocenters. The van der Waals surface area contributed by atoms with Crippen LogP contribution in [0.25, 0.3) is 0 Å². The summed E-state index contributed by atoms with van der Waals surface area (Å²) in [5, 5.41) is 3.83. The van der Waals surface area contributed by atoms with Crippen LogP contribution in [-0.4, -0.2) is 13.2 Å². The van der Waals surface area contributed by atoms with E-state index in [1.165, 1.54) is 36.8 Å². The molecule has 98 valence electrons. The summed E-state index contributed by atoms with van der Waals surface area (Å²) in [5.41, 5.74) is 2.87. The third-order valence-corrected chi connectivity index (χ3v) is 4.77. The molecule has 0 spiro atoms. The molecule has 2 nitrogen and oxygen atoms in total. The molecule has 2 heteroatoms. The van der Waals surface area contributed by atoms with Gasteiger partial charge in [-0.2, -0.15) is 0 Å². The molecule has 1 N–H and O–H groups in total. The smallest absolute Gasteiger partial charge is 0.122 e. The van der Waals surface area contributed by atoms with Crippen molar-refractivity contribution in [2.45, 2.75) is 51.1 Å². The van der Waals surface area contributed by atoms with Crippen LogP contribution >= 0.6 is 0 Å². The van der Waals surface area contributed by atoms with Crippen molar-refractivity contribution in [1.29, 1.82) is 0 Å². The van der Waals surface area contributed by atoms with E-state index >= 15 is 0 Å². The predicted molar refractivity (Wildman–Crippen MR) is 74.0 cm³/mol. The number of fused-ring (bicyclic) bond motifs is 1. The van der Waals surface area contributed by atoms with Gasteiger partial charge in [0.15, 0.2) is 0 Å². The zero-order valence-corrected chi connectivity index (χ0v) is 11.4. The standard InChI is InChI=1S/C16H23NO/c1-11(12-5-3-6-12)17-15-10-9-14-13(15)7-4-8-16(14)18-2/h4,7-8,11-12,15,17H,3,5-6,9-10H2,1-2H3/t11-,15+/m1/s1. The first-order chi connectivity index (χ1) is 8.79. The second-order valence-corrected chi connectivity index (χ2v) is 5.77. The summed E-state index contributed by atoms with van der Waals surface area (Å²) >= 11 is 0. The van der Waals surface area contributed by atoms with Crippen LogP contribution in [0.2, 0.25) is 0 Å². The summed E-state index contributed by atoms with van der Waals surface area (Å²) < 4.78 is 5.46. The van der Waals surface area contributed by atoms with Gasteiger partial charge >= 0.3 is 0 Å². The first-order valence-electron chi connectivity index (χ1n) is 7.21. The van der Waals surface area contributed by atoms with Gasteiger partial charge in [0.1, 0.15) is 5.75 Å². The number of nitrogens with one attached hydrogen (secondary N) is 1. The van der Waals surface area contributed by atoms with Crippen LogP contribution in [0.3, 0.4) is 0 Å². The Hall–Kier alpha value is -1.02. The Labute approximate surface area is 110 Å². The van der Waals surface area contributed by atoms with Gasteiger partial charge in [-0.1, -0.05) is 18.6 Å². The third-order valence-electron chi connectivity index (χ3n) is 4.77. The molecule has 0 aromatic heterocycles. The zero-order chi connectivity index (χ0) is 12.5. The second kappa shape index (κ2) is 4.93. The quantitative estimate of drug-likeness (QED) is 0.877. The van der Waals surface area contributed by atoms with Crippen molar-refractivity contribution in [3.05, 3.63) is 29.3 Å². The number of rotatable bonds is 4. The first-order valence-corrected chi connectivity index (χ1v) is 7.21. The maximum atomic E-state index is 5.46. The van der Waals surface area contributed by atoms with Crippen LogP contribution in [-0.2, 0) is 6.42 Å². The van der Waals surface area contributed by atoms with Gasteiger partial charge in [-0.15, -0.1) is 0 Å². The topological polar surface area (TPSA) is 21.3 Å². The van der Waals surface area contributed by atoms with Crippen molar-refractivity contribution in [1.82, 2.24) is 5.32 Å². The van der Waals surface area contributed by atoms with Crippen LogP contribution in [0.4, 0.5) is 0 Å². The van der Waals surface area contributed by atoms with Gasteiger partial charge in [-0.25, -0.2) is 0 Å². The SMILES string of the molecule is COc1cccc2c1CC[C@@H]2N[C@H](C)C1CCC1. The van der Waals surface area contributed by atoms with Gasteiger partial charge in [0.2, 0.25) is 0 Å². The molecule has 1 saturated carbocycles. The van der Waals surface area contributed by atoms with Crippen molar-refractivity contribution >= 4 is 0 Å². The minimum atomic E-state index is 0.533. The van der Waals surface area contributed by atoms with Crippen LogP contribution < -0.4 is 10.1 Å². The molecule has 2 aliphatic carbocycles. The molecular formula is C16H23NO. The summed E-state index contributed by atoms with van der Waals surface area (Å²) in [6, 6.07) is 7.64. The molecule has 1 aromatic carbocycles. The minimum absolute atomic E-state index is 0.533. The van der Waals surface area contributed by atoms with E-state index in [-0.39, 0.29) is 0 Å². The summed E-state index contributed by atoms with van der Waals surface area (Å²) in [7, 11) is 1.77. The van der Waals surface area contributed by atoms with E-state index in [2.05, 4.69) is 30.4 Å². The molecule has 0 saturated heterocycles. The third kappa shape index (κ3) is 2.03. The first kappa shape index (κ1) is 12.0. The van der Waals surface area contributed by atoms with E-state index in [1.54, 1.807) is 7.11 Å². The van der Waals surface area contributed by atoms with E-state index in [9.17, 15) is 0 Å². The van der Waals surface area contributed by atoms with Crippen molar-refractivity contribution < 1.29 is 4.74 Å². The van der Waals surface area contributed by atoms with E-state index in [4.69, 9.17) is 4.74 Å². The average Bonchev–Trinajstić information content (AvgIpc) is 2.70. The molecule has 1 fully saturated rings. The lowest BCUT2D eigenvalue weighted by molar-refractivity contribution is 0.226. The van der Waals surface area contributed by atoms with Crippen LogP contribution in [0.15, 0.2) is 18.2 Å². The Morgan fingerprint density at radius 2 is 2.11 bits per heavy atom. The maximum Gasteiger partial charge on any atom is 0.122 e. The van der Waals surface area contributed by atoms with Gasteiger partial charge in [0.05, 0.1) is 7.11 Å². The molecule has 0 heterocycles. The fourth-order valence-electron chi connectivity index (χ4n) is 3.38. The van der Waals surface area contributed by atoms with Crippen LogP contribution in [0.5, 0.6) is 5.75 Å². The van der Waals surface area contributed by atoms with Crippen LogP contribution in [0, 0.1) is 5.92 Å². The Morgan fingerprint density at radius 1 is 1.28 bits per heavy atom. The highest BCUT2D eigenvalue weighted by molar-refractivity contribution is 5.45. The predicted octanol–water partition coefficient (Wildman–Crippen LogP) is 3.46. The van der Waals surface area contributed by atoms with Gasteiger partial charge < -0.3 is 10.1 Å². The lowest BCUT2D eigenvalue weighted by Crippen LogP contribution is -2.38. The van der Waals surface area contributed by atoms with Crippen molar-refractivity contribution in [2.24, 2.45) is 5.92 Å². The Kier molecular flexibility index (Phi) is 3.29. The molecule has 18 heavy (non-hydrogen) atoms. The lowest BCUT2D eigenvalue weighted by atomic mass is 9.80. The van der Waals surface area contributed by atoms with Crippen molar-refractivity contribution in [2.75, 3.05) is 7.11 Å². The molecule has 0 radical (unpaired) electrons. The number of hydrogen-bond acceptors (Lipinski definition) is 2. The fourth-order valence-corrected chi connectivity index (χ4v) is 3.38. The molecule has 2 atom stereocenters. The van der Waals surface area contributed by atoms with Gasteiger partial charge in [-0.3, -0.25) is 0 Å². The van der Waals surface area contributed by atoms with Crippen LogP contribution in [0.1, 0.15) is 49.8 Å². The molecule has 0 amide bonds. The molecule has 3 rings (SSSR count). The molecule has 0 bridgehead atoms. The van der Waals surface area contributed by atoms with Gasteiger partial charge in [-0.05, 0) is 55.7 Å². The Bertz CT molecular complexity index is 425. The molecule has 2 aliphatic rings. The molecular weight excluding hydrogens is 222 g/mol. The van der Waals surface area contributed by atoms with Crippen molar-refractivity contribution in [3.63, 3.8) is 0 Å². The highest BCUT2D eigenvalue weighted by atomic mass is 16.5. The van der Waals surface area contributed by atoms with Crippen molar-refractivity contribution in [3.8, 4) is 5.75 Å². The lowest BCUT2D eigenvalue weighted by Gasteiger charge is -2.34. The minimum Gasteiger partial charge on any atom is -0.496 e.